The van der Waals surface area contributed by atoms with Crippen LogP contribution in [0.5, 0.6) is 0 Å². The quantitative estimate of drug-likeness (QED) is 0.223. The standard InChI is InChI=1S/C22H12Cl2N2O6/c23-17-9-15-16(10-18(17)24)21(28)25(20(15)27)14-6-3-5-12(8-14)22(29)32-11-13-4-1-2-7-19(13)26(30)31/h1-10H,11H2. The van der Waals surface area contributed by atoms with Gasteiger partial charge in [-0.2, -0.15) is 0 Å². The van der Waals surface area contributed by atoms with Crippen molar-refractivity contribution in [2.75, 3.05) is 4.90 Å². The van der Waals surface area contributed by atoms with Crippen molar-refractivity contribution < 1.29 is 24.0 Å². The number of nitro benzene ring substituents is 1. The van der Waals surface area contributed by atoms with Crippen molar-refractivity contribution >= 4 is 52.4 Å². The van der Waals surface area contributed by atoms with Crippen molar-refractivity contribution in [3.05, 3.63) is 103 Å². The number of esters is 1. The van der Waals surface area contributed by atoms with Crippen LogP contribution in [0.3, 0.4) is 0 Å². The first-order valence-electron chi connectivity index (χ1n) is 9.15. The highest BCUT2D eigenvalue weighted by Crippen LogP contribution is 2.34. The summed E-state index contributed by atoms with van der Waals surface area (Å²) in [5.41, 5.74) is 0.494. The summed E-state index contributed by atoms with van der Waals surface area (Å²) in [4.78, 5) is 49.5. The summed E-state index contributed by atoms with van der Waals surface area (Å²) >= 11 is 11.9. The van der Waals surface area contributed by atoms with E-state index in [1.807, 2.05) is 0 Å². The topological polar surface area (TPSA) is 107 Å². The highest BCUT2D eigenvalue weighted by atomic mass is 35.5. The van der Waals surface area contributed by atoms with Crippen LogP contribution in [0.4, 0.5) is 11.4 Å². The number of imide groups is 1. The molecule has 0 unspecified atom stereocenters. The number of anilines is 1. The van der Waals surface area contributed by atoms with Gasteiger partial charge in [0.2, 0.25) is 0 Å². The Hall–Kier alpha value is -3.75. The van der Waals surface area contributed by atoms with Gasteiger partial charge in [-0.15, -0.1) is 0 Å². The summed E-state index contributed by atoms with van der Waals surface area (Å²) in [7, 11) is 0. The number of fused-ring (bicyclic) bond motifs is 1. The minimum absolute atomic E-state index is 0.0636. The van der Waals surface area contributed by atoms with Gasteiger partial charge >= 0.3 is 5.97 Å². The van der Waals surface area contributed by atoms with Gasteiger partial charge in [0.25, 0.3) is 17.5 Å². The third-order valence-corrected chi connectivity index (χ3v) is 5.54. The molecule has 0 spiro atoms. The number of para-hydroxylation sites is 1. The fraction of sp³-hybridized carbons (Fsp3) is 0.0455. The van der Waals surface area contributed by atoms with Crippen molar-refractivity contribution in [2.45, 2.75) is 6.61 Å². The molecule has 0 saturated carbocycles. The zero-order valence-electron chi connectivity index (χ0n) is 16.1. The Labute approximate surface area is 191 Å². The predicted molar refractivity (Wildman–Crippen MR) is 116 cm³/mol. The summed E-state index contributed by atoms with van der Waals surface area (Å²) in [6, 6.07) is 14.3. The van der Waals surface area contributed by atoms with E-state index in [0.717, 1.165) is 4.90 Å². The van der Waals surface area contributed by atoms with Gasteiger partial charge in [0.15, 0.2) is 0 Å². The first kappa shape index (κ1) is 21.5. The molecule has 1 aliphatic heterocycles. The monoisotopic (exact) mass is 470 g/mol. The maximum atomic E-state index is 12.8. The third-order valence-electron chi connectivity index (χ3n) is 4.81. The van der Waals surface area contributed by atoms with Crippen molar-refractivity contribution in [1.82, 2.24) is 0 Å². The van der Waals surface area contributed by atoms with E-state index in [-0.39, 0.29) is 50.3 Å². The lowest BCUT2D eigenvalue weighted by Crippen LogP contribution is -2.29. The number of benzene rings is 3. The van der Waals surface area contributed by atoms with Crippen molar-refractivity contribution in [1.29, 1.82) is 0 Å². The second kappa shape index (κ2) is 8.41. The minimum atomic E-state index is -0.771. The van der Waals surface area contributed by atoms with E-state index in [9.17, 15) is 24.5 Å². The van der Waals surface area contributed by atoms with E-state index >= 15 is 0 Å². The molecular weight excluding hydrogens is 459 g/mol. The van der Waals surface area contributed by atoms with Crippen LogP contribution in [-0.4, -0.2) is 22.7 Å². The Morgan fingerprint density at radius 3 is 2.19 bits per heavy atom. The number of ether oxygens (including phenoxy) is 1. The number of rotatable bonds is 5. The van der Waals surface area contributed by atoms with Crippen LogP contribution in [0, 0.1) is 10.1 Å². The predicted octanol–water partition coefficient (Wildman–Crippen LogP) is 5.06. The summed E-state index contributed by atoms with van der Waals surface area (Å²) in [5, 5.41) is 11.4. The number of carbonyl (C=O) groups is 3. The van der Waals surface area contributed by atoms with E-state index in [1.54, 1.807) is 6.07 Å². The zero-order valence-corrected chi connectivity index (χ0v) is 17.6. The average molecular weight is 471 g/mol. The molecule has 0 N–H and O–H groups in total. The lowest BCUT2D eigenvalue weighted by atomic mass is 10.1. The molecule has 3 aromatic rings. The number of nitro groups is 1. The summed E-state index contributed by atoms with van der Waals surface area (Å²) in [6.45, 7) is -0.315. The first-order valence-corrected chi connectivity index (χ1v) is 9.91. The lowest BCUT2D eigenvalue weighted by molar-refractivity contribution is -0.385. The van der Waals surface area contributed by atoms with Crippen LogP contribution in [-0.2, 0) is 11.3 Å². The number of halogens is 2. The number of amides is 2. The first-order chi connectivity index (χ1) is 15.3. The summed E-state index contributed by atoms with van der Waals surface area (Å²) in [6.07, 6.45) is 0. The van der Waals surface area contributed by atoms with Gasteiger partial charge in [-0.3, -0.25) is 19.7 Å². The molecule has 0 fully saturated rings. The van der Waals surface area contributed by atoms with E-state index in [4.69, 9.17) is 27.9 Å². The molecule has 32 heavy (non-hydrogen) atoms. The van der Waals surface area contributed by atoms with Gasteiger partial charge in [-0.25, -0.2) is 9.69 Å². The fourth-order valence-electron chi connectivity index (χ4n) is 3.28. The van der Waals surface area contributed by atoms with E-state index < -0.39 is 22.7 Å². The Kier molecular flexibility index (Phi) is 5.65. The molecule has 0 atom stereocenters. The zero-order chi connectivity index (χ0) is 23.0. The lowest BCUT2D eigenvalue weighted by Gasteiger charge is -2.15. The van der Waals surface area contributed by atoms with Crippen molar-refractivity contribution in [3.8, 4) is 0 Å². The van der Waals surface area contributed by atoms with Crippen LogP contribution in [0.2, 0.25) is 10.0 Å². The molecule has 4 rings (SSSR count). The van der Waals surface area contributed by atoms with Crippen LogP contribution < -0.4 is 4.90 Å². The second-order valence-electron chi connectivity index (χ2n) is 6.77. The number of hydrogen-bond acceptors (Lipinski definition) is 6. The molecule has 0 aliphatic carbocycles. The Morgan fingerprint density at radius 2 is 1.56 bits per heavy atom. The molecule has 1 aliphatic rings. The number of hydrogen-bond donors (Lipinski definition) is 0. The van der Waals surface area contributed by atoms with Crippen LogP contribution >= 0.6 is 23.2 Å². The highest BCUT2D eigenvalue weighted by molar-refractivity contribution is 6.44. The molecule has 0 saturated heterocycles. The van der Waals surface area contributed by atoms with Crippen LogP contribution in [0.25, 0.3) is 0 Å². The van der Waals surface area contributed by atoms with Gasteiger partial charge in [0.1, 0.15) is 6.61 Å². The second-order valence-corrected chi connectivity index (χ2v) is 7.58. The minimum Gasteiger partial charge on any atom is -0.457 e. The number of carbonyl (C=O) groups excluding carboxylic acids is 3. The van der Waals surface area contributed by atoms with Gasteiger partial charge in [-0.1, -0.05) is 41.4 Å². The van der Waals surface area contributed by atoms with Gasteiger partial charge in [0.05, 0.1) is 42.9 Å². The largest absolute Gasteiger partial charge is 0.457 e. The normalized spacial score (nSPS) is 12.6. The Balaban J connectivity index is 1.57. The fourth-order valence-corrected chi connectivity index (χ4v) is 3.61. The highest BCUT2D eigenvalue weighted by Gasteiger charge is 2.37. The smallest absolute Gasteiger partial charge is 0.338 e. The van der Waals surface area contributed by atoms with Crippen LogP contribution in [0.15, 0.2) is 60.7 Å². The molecule has 0 bridgehead atoms. The molecular formula is C22H12Cl2N2O6. The molecule has 10 heteroatoms. The van der Waals surface area contributed by atoms with E-state index in [0.29, 0.717) is 0 Å². The third kappa shape index (κ3) is 3.81. The molecule has 1 heterocycles. The van der Waals surface area contributed by atoms with Crippen molar-refractivity contribution in [3.63, 3.8) is 0 Å². The van der Waals surface area contributed by atoms with Gasteiger partial charge < -0.3 is 4.74 Å². The molecule has 2 amide bonds. The molecule has 3 aromatic carbocycles. The average Bonchev–Trinajstić information content (AvgIpc) is 3.02. The maximum Gasteiger partial charge on any atom is 0.338 e. The van der Waals surface area contributed by atoms with Gasteiger partial charge in [0, 0.05) is 6.07 Å². The van der Waals surface area contributed by atoms with E-state index in [2.05, 4.69) is 0 Å². The van der Waals surface area contributed by atoms with E-state index in [1.165, 1.54) is 54.6 Å². The summed E-state index contributed by atoms with van der Waals surface area (Å²) in [5.74, 6) is -1.98. The number of nitrogens with zero attached hydrogens (tertiary/aromatic N) is 2. The molecule has 0 aromatic heterocycles. The maximum absolute atomic E-state index is 12.8. The SMILES string of the molecule is O=C(OCc1ccccc1[N+](=O)[O-])c1cccc(N2C(=O)c3cc(Cl)c(Cl)cc3C2=O)c1. The summed E-state index contributed by atoms with van der Waals surface area (Å²) < 4.78 is 5.20. The van der Waals surface area contributed by atoms with Crippen LogP contribution in [0.1, 0.15) is 36.6 Å². The molecule has 8 nitrogen and oxygen atoms in total. The van der Waals surface area contributed by atoms with Crippen molar-refractivity contribution in [2.24, 2.45) is 0 Å². The van der Waals surface area contributed by atoms with Gasteiger partial charge in [-0.05, 0) is 36.4 Å². The Bertz CT molecular complexity index is 1270. The molecule has 160 valence electrons. The Morgan fingerprint density at radius 1 is 0.938 bits per heavy atom. The molecule has 0 radical (unpaired) electrons.